The van der Waals surface area contributed by atoms with Crippen molar-refractivity contribution in [2.45, 2.75) is 0 Å². The van der Waals surface area contributed by atoms with Crippen molar-refractivity contribution in [3.8, 4) is 0 Å². The van der Waals surface area contributed by atoms with Crippen LogP contribution in [0.3, 0.4) is 0 Å². The first-order valence-corrected chi connectivity index (χ1v) is 6.66. The number of carbonyl (C=O) groups excluding carboxylic acids is 1. The molecule has 0 radical (unpaired) electrons. The summed E-state index contributed by atoms with van der Waals surface area (Å²) in [5.74, 6) is -0.109. The van der Waals surface area contributed by atoms with Crippen LogP contribution < -0.4 is 5.32 Å². The second-order valence-electron chi connectivity index (χ2n) is 4.24. The van der Waals surface area contributed by atoms with Crippen LogP contribution in [0.15, 0.2) is 59.2 Å². The van der Waals surface area contributed by atoms with Gasteiger partial charge in [-0.25, -0.2) is 0 Å². The lowest BCUT2D eigenvalue weighted by atomic mass is 10.2. The van der Waals surface area contributed by atoms with E-state index < -0.39 is 0 Å². The van der Waals surface area contributed by atoms with Crippen molar-refractivity contribution in [2.24, 2.45) is 0 Å². The first kappa shape index (κ1) is 12.0. The van der Waals surface area contributed by atoms with Crippen molar-refractivity contribution in [3.63, 3.8) is 0 Å². The Labute approximate surface area is 118 Å². The van der Waals surface area contributed by atoms with Crippen LogP contribution in [-0.4, -0.2) is 10.9 Å². The predicted octanol–water partition coefficient (Wildman–Crippen LogP) is 4.18. The van der Waals surface area contributed by atoms with Crippen LogP contribution in [0.1, 0.15) is 10.4 Å². The number of aromatic nitrogens is 1. The van der Waals surface area contributed by atoms with E-state index in [2.05, 4.69) is 26.2 Å². The van der Waals surface area contributed by atoms with Gasteiger partial charge in [0.1, 0.15) is 0 Å². The molecule has 0 bridgehead atoms. The first-order valence-electron chi connectivity index (χ1n) is 5.86. The van der Waals surface area contributed by atoms with Crippen LogP contribution in [0.5, 0.6) is 0 Å². The van der Waals surface area contributed by atoms with Crippen molar-refractivity contribution in [1.29, 1.82) is 0 Å². The SMILES string of the molecule is O=C(Nc1ccc2[nH]ccc2c1)c1ccc(Br)cc1. The molecule has 0 unspecified atom stereocenters. The molecule has 1 amide bonds. The van der Waals surface area contributed by atoms with Gasteiger partial charge in [0.2, 0.25) is 0 Å². The Bertz CT molecular complexity index is 731. The summed E-state index contributed by atoms with van der Waals surface area (Å²) < 4.78 is 0.956. The summed E-state index contributed by atoms with van der Waals surface area (Å²) in [5.41, 5.74) is 2.49. The maximum Gasteiger partial charge on any atom is 0.255 e. The molecule has 3 nitrogen and oxygen atoms in total. The van der Waals surface area contributed by atoms with Gasteiger partial charge in [-0.3, -0.25) is 4.79 Å². The average Bonchev–Trinajstić information content (AvgIpc) is 2.87. The van der Waals surface area contributed by atoms with Crippen molar-refractivity contribution >= 4 is 38.4 Å². The fourth-order valence-corrected chi connectivity index (χ4v) is 2.20. The third-order valence-corrected chi connectivity index (χ3v) is 3.45. The number of benzene rings is 2. The Balaban J connectivity index is 1.83. The molecule has 3 rings (SSSR count). The Kier molecular flexibility index (Phi) is 3.09. The van der Waals surface area contributed by atoms with Crippen molar-refractivity contribution < 1.29 is 4.79 Å². The largest absolute Gasteiger partial charge is 0.361 e. The van der Waals surface area contributed by atoms with E-state index in [4.69, 9.17) is 0 Å². The van der Waals surface area contributed by atoms with Gasteiger partial charge in [-0.2, -0.15) is 0 Å². The van der Waals surface area contributed by atoms with E-state index in [1.54, 1.807) is 12.1 Å². The Hall–Kier alpha value is -2.07. The van der Waals surface area contributed by atoms with Gasteiger partial charge in [0.15, 0.2) is 0 Å². The number of fused-ring (bicyclic) bond motifs is 1. The minimum absolute atomic E-state index is 0.109. The number of rotatable bonds is 2. The monoisotopic (exact) mass is 314 g/mol. The predicted molar refractivity (Wildman–Crippen MR) is 80.4 cm³/mol. The van der Waals surface area contributed by atoms with Gasteiger partial charge in [-0.05, 0) is 48.5 Å². The summed E-state index contributed by atoms with van der Waals surface area (Å²) in [7, 11) is 0. The zero-order chi connectivity index (χ0) is 13.2. The molecule has 3 aromatic rings. The smallest absolute Gasteiger partial charge is 0.255 e. The molecule has 0 spiro atoms. The van der Waals surface area contributed by atoms with Crippen molar-refractivity contribution in [3.05, 3.63) is 64.8 Å². The van der Waals surface area contributed by atoms with Crippen molar-refractivity contribution in [2.75, 3.05) is 5.32 Å². The van der Waals surface area contributed by atoms with Gasteiger partial charge < -0.3 is 10.3 Å². The summed E-state index contributed by atoms with van der Waals surface area (Å²) in [6, 6.07) is 15.0. The topological polar surface area (TPSA) is 44.9 Å². The van der Waals surface area contributed by atoms with E-state index in [-0.39, 0.29) is 5.91 Å². The van der Waals surface area contributed by atoms with Crippen LogP contribution in [0.4, 0.5) is 5.69 Å². The molecule has 0 aliphatic carbocycles. The quantitative estimate of drug-likeness (QED) is 0.732. The van der Waals surface area contributed by atoms with Crippen LogP contribution in [-0.2, 0) is 0 Å². The zero-order valence-corrected chi connectivity index (χ0v) is 11.6. The highest BCUT2D eigenvalue weighted by atomic mass is 79.9. The number of carbonyl (C=O) groups is 1. The van der Waals surface area contributed by atoms with E-state index in [0.717, 1.165) is 21.1 Å². The molecule has 0 saturated heterocycles. The standard InChI is InChI=1S/C15H11BrN2O/c16-12-3-1-10(2-4-12)15(19)18-13-5-6-14-11(9-13)7-8-17-14/h1-9,17H,(H,18,19). The number of anilines is 1. The molecular weight excluding hydrogens is 304 g/mol. The number of aromatic amines is 1. The average molecular weight is 315 g/mol. The zero-order valence-electron chi connectivity index (χ0n) is 9.98. The van der Waals surface area contributed by atoms with Crippen LogP contribution in [0.25, 0.3) is 10.9 Å². The second-order valence-corrected chi connectivity index (χ2v) is 5.16. The molecule has 0 saturated carbocycles. The molecule has 0 aliphatic rings. The lowest BCUT2D eigenvalue weighted by Crippen LogP contribution is -2.11. The third-order valence-electron chi connectivity index (χ3n) is 2.92. The fourth-order valence-electron chi connectivity index (χ4n) is 1.94. The van der Waals surface area contributed by atoms with Gasteiger partial charge in [0.25, 0.3) is 5.91 Å². The number of nitrogens with one attached hydrogen (secondary N) is 2. The van der Waals surface area contributed by atoms with Gasteiger partial charge in [0.05, 0.1) is 0 Å². The van der Waals surface area contributed by atoms with Gasteiger partial charge >= 0.3 is 0 Å². The molecule has 1 heterocycles. The third kappa shape index (κ3) is 2.53. The maximum absolute atomic E-state index is 12.1. The van der Waals surface area contributed by atoms with Gasteiger partial charge in [-0.15, -0.1) is 0 Å². The lowest BCUT2D eigenvalue weighted by Gasteiger charge is -2.05. The van der Waals surface area contributed by atoms with E-state index in [1.165, 1.54) is 0 Å². The molecule has 19 heavy (non-hydrogen) atoms. The number of hydrogen-bond acceptors (Lipinski definition) is 1. The molecule has 2 aromatic carbocycles. The highest BCUT2D eigenvalue weighted by Crippen LogP contribution is 2.19. The molecule has 4 heteroatoms. The summed E-state index contributed by atoms with van der Waals surface area (Å²) >= 11 is 3.35. The summed E-state index contributed by atoms with van der Waals surface area (Å²) in [6.45, 7) is 0. The fraction of sp³-hybridized carbons (Fsp3) is 0. The number of halogens is 1. The van der Waals surface area contributed by atoms with Gasteiger partial charge in [-0.1, -0.05) is 15.9 Å². The highest BCUT2D eigenvalue weighted by molar-refractivity contribution is 9.10. The van der Waals surface area contributed by atoms with Crippen LogP contribution in [0.2, 0.25) is 0 Å². The molecule has 0 atom stereocenters. The Morgan fingerprint density at radius 3 is 2.63 bits per heavy atom. The number of hydrogen-bond donors (Lipinski definition) is 2. The number of amides is 1. The molecular formula is C15H11BrN2O. The van der Waals surface area contributed by atoms with E-state index in [1.807, 2.05) is 42.6 Å². The normalized spacial score (nSPS) is 10.6. The van der Waals surface area contributed by atoms with E-state index in [9.17, 15) is 4.79 Å². The van der Waals surface area contributed by atoms with E-state index >= 15 is 0 Å². The Morgan fingerprint density at radius 2 is 1.84 bits per heavy atom. The molecule has 0 fully saturated rings. The highest BCUT2D eigenvalue weighted by Gasteiger charge is 2.06. The lowest BCUT2D eigenvalue weighted by molar-refractivity contribution is 0.102. The molecule has 1 aromatic heterocycles. The summed E-state index contributed by atoms with van der Waals surface area (Å²) in [5, 5.41) is 3.97. The molecule has 2 N–H and O–H groups in total. The maximum atomic E-state index is 12.1. The summed E-state index contributed by atoms with van der Waals surface area (Å²) in [4.78, 5) is 15.2. The van der Waals surface area contributed by atoms with E-state index in [0.29, 0.717) is 5.56 Å². The minimum Gasteiger partial charge on any atom is -0.361 e. The molecule has 0 aliphatic heterocycles. The molecule has 94 valence electrons. The summed E-state index contributed by atoms with van der Waals surface area (Å²) in [6.07, 6.45) is 1.88. The minimum atomic E-state index is -0.109. The van der Waals surface area contributed by atoms with Gasteiger partial charge in [0, 0.05) is 32.8 Å². The first-order chi connectivity index (χ1) is 9.22. The van der Waals surface area contributed by atoms with Crippen LogP contribution in [0, 0.1) is 0 Å². The van der Waals surface area contributed by atoms with Crippen molar-refractivity contribution in [1.82, 2.24) is 4.98 Å². The number of H-pyrrole nitrogens is 1. The Morgan fingerprint density at radius 1 is 1.05 bits per heavy atom. The second kappa shape index (κ2) is 4.90. The van der Waals surface area contributed by atoms with Crippen LogP contribution >= 0.6 is 15.9 Å².